The Kier molecular flexibility index (Phi) is 5.94. The number of carbonyl (C=O) groups excluding carboxylic acids is 2. The summed E-state index contributed by atoms with van der Waals surface area (Å²) in [5, 5.41) is 11.4. The molecule has 35 heavy (non-hydrogen) atoms. The summed E-state index contributed by atoms with van der Waals surface area (Å²) in [6, 6.07) is 15.2. The first-order valence-corrected chi connectivity index (χ1v) is 11.8. The fourth-order valence-corrected chi connectivity index (χ4v) is 5.54. The number of carboxylic acids is 1. The minimum atomic E-state index is -3.25. The number of rotatable bonds is 7. The molecule has 1 aliphatic heterocycles. The van der Waals surface area contributed by atoms with Gasteiger partial charge in [-0.2, -0.15) is 0 Å². The quantitative estimate of drug-likeness (QED) is 0.622. The number of carboxylic acid groups (broad SMARTS) is 1. The summed E-state index contributed by atoms with van der Waals surface area (Å²) in [6.07, 6.45) is 0.00164. The van der Waals surface area contributed by atoms with Gasteiger partial charge in [0.1, 0.15) is 12.5 Å². The normalized spacial score (nSPS) is 23.9. The van der Waals surface area contributed by atoms with Gasteiger partial charge in [-0.25, -0.2) is 13.6 Å². The fourth-order valence-electron chi connectivity index (χ4n) is 5.54. The summed E-state index contributed by atoms with van der Waals surface area (Å²) in [5.41, 5.74) is 4.25. The van der Waals surface area contributed by atoms with E-state index in [4.69, 9.17) is 9.84 Å². The number of nitrogens with one attached hydrogen (secondary N) is 1. The Labute approximate surface area is 201 Å². The Morgan fingerprint density at radius 2 is 1.69 bits per heavy atom. The molecule has 1 saturated heterocycles. The van der Waals surface area contributed by atoms with Crippen LogP contribution in [0.4, 0.5) is 13.6 Å². The summed E-state index contributed by atoms with van der Waals surface area (Å²) in [5.74, 6) is -8.08. The summed E-state index contributed by atoms with van der Waals surface area (Å²) < 4.78 is 34.2. The van der Waals surface area contributed by atoms with Crippen LogP contribution in [0, 0.1) is 11.8 Å². The SMILES string of the molecule is O=C(O)C[C@H]1CCCN1C(=O)C1C(CNC(=O)OCC2c3ccccc3-c3ccccc32)C1(F)F. The van der Waals surface area contributed by atoms with E-state index in [1.165, 1.54) is 4.90 Å². The Hall–Kier alpha value is -3.49. The summed E-state index contributed by atoms with van der Waals surface area (Å²) in [6.45, 7) is -0.0542. The van der Waals surface area contributed by atoms with Gasteiger partial charge in [-0.1, -0.05) is 48.5 Å². The van der Waals surface area contributed by atoms with E-state index in [1.54, 1.807) is 0 Å². The van der Waals surface area contributed by atoms with Crippen molar-refractivity contribution in [1.82, 2.24) is 10.2 Å². The molecule has 1 saturated carbocycles. The Morgan fingerprint density at radius 1 is 1.06 bits per heavy atom. The number of nitrogens with zero attached hydrogens (tertiary/aromatic N) is 1. The minimum absolute atomic E-state index is 0.0634. The molecular weight excluding hydrogens is 458 g/mol. The lowest BCUT2D eigenvalue weighted by molar-refractivity contribution is -0.141. The third kappa shape index (κ3) is 4.24. The van der Waals surface area contributed by atoms with E-state index in [9.17, 15) is 23.2 Å². The van der Waals surface area contributed by atoms with Gasteiger partial charge in [-0.05, 0) is 35.1 Å². The zero-order valence-electron chi connectivity index (χ0n) is 19.0. The van der Waals surface area contributed by atoms with E-state index in [1.807, 2.05) is 48.5 Å². The molecular formula is C26H26F2N2O5. The summed E-state index contributed by atoms with van der Waals surface area (Å²) >= 11 is 0. The van der Waals surface area contributed by atoms with E-state index < -0.39 is 48.3 Å². The van der Waals surface area contributed by atoms with E-state index in [0.29, 0.717) is 12.8 Å². The number of alkyl carbamates (subject to hydrolysis) is 1. The second kappa shape index (κ2) is 8.94. The van der Waals surface area contributed by atoms with Crippen molar-refractivity contribution < 1.29 is 33.0 Å². The summed E-state index contributed by atoms with van der Waals surface area (Å²) in [7, 11) is 0. The third-order valence-corrected chi connectivity index (χ3v) is 7.35. The molecule has 0 bridgehead atoms. The maximum absolute atomic E-state index is 14.4. The number of halogens is 2. The van der Waals surface area contributed by atoms with Gasteiger partial charge < -0.3 is 20.1 Å². The van der Waals surface area contributed by atoms with Crippen LogP contribution in [0.2, 0.25) is 0 Å². The number of likely N-dealkylation sites (tertiary alicyclic amines) is 1. The molecule has 7 nitrogen and oxygen atoms in total. The average Bonchev–Trinajstić information content (AvgIpc) is 3.12. The number of hydrogen-bond acceptors (Lipinski definition) is 4. The van der Waals surface area contributed by atoms with Crippen molar-refractivity contribution in [2.45, 2.75) is 37.1 Å². The van der Waals surface area contributed by atoms with Gasteiger partial charge in [0, 0.05) is 25.0 Å². The molecule has 0 aromatic heterocycles. The van der Waals surface area contributed by atoms with Gasteiger partial charge >= 0.3 is 12.1 Å². The number of hydrogen-bond donors (Lipinski definition) is 2. The van der Waals surface area contributed by atoms with E-state index >= 15 is 0 Å². The van der Waals surface area contributed by atoms with Gasteiger partial charge in [-0.15, -0.1) is 0 Å². The second-order valence-electron chi connectivity index (χ2n) is 9.39. The molecule has 2 amide bonds. The molecule has 2 fully saturated rings. The van der Waals surface area contributed by atoms with Crippen LogP contribution < -0.4 is 5.32 Å². The minimum Gasteiger partial charge on any atom is -0.481 e. The highest BCUT2D eigenvalue weighted by molar-refractivity contribution is 5.85. The molecule has 3 atom stereocenters. The van der Waals surface area contributed by atoms with Crippen LogP contribution in [-0.2, 0) is 14.3 Å². The first-order chi connectivity index (χ1) is 16.8. The predicted molar refractivity (Wildman–Crippen MR) is 122 cm³/mol. The van der Waals surface area contributed by atoms with Crippen LogP contribution in [0.25, 0.3) is 11.1 Å². The van der Waals surface area contributed by atoms with Crippen LogP contribution in [0.3, 0.4) is 0 Å². The van der Waals surface area contributed by atoms with E-state index in [0.717, 1.165) is 22.3 Å². The van der Waals surface area contributed by atoms with Gasteiger partial charge in [0.15, 0.2) is 0 Å². The van der Waals surface area contributed by atoms with Gasteiger partial charge in [0.2, 0.25) is 5.91 Å². The first kappa shape index (κ1) is 23.3. The standard InChI is InChI=1S/C26H26F2N2O5/c27-26(28)21(23(26)24(33)30-11-5-6-15(30)12-22(31)32)13-29-25(34)35-14-20-18-9-3-1-7-16(18)17-8-2-4-10-19(17)20/h1-4,7-10,15,20-21,23H,5-6,11-14H2,(H,29,34)(H,31,32)/t15-,21?,23?/m1/s1. The molecule has 3 aliphatic rings. The lowest BCUT2D eigenvalue weighted by Gasteiger charge is -2.23. The average molecular weight is 484 g/mol. The van der Waals surface area contributed by atoms with Gasteiger partial charge in [-0.3, -0.25) is 9.59 Å². The molecule has 2 unspecified atom stereocenters. The van der Waals surface area contributed by atoms with Crippen LogP contribution in [0.5, 0.6) is 0 Å². The zero-order chi connectivity index (χ0) is 24.7. The largest absolute Gasteiger partial charge is 0.481 e. The Bertz CT molecular complexity index is 1120. The smallest absolute Gasteiger partial charge is 0.407 e. The highest BCUT2D eigenvalue weighted by Crippen LogP contribution is 2.56. The fraction of sp³-hybridized carbons (Fsp3) is 0.423. The third-order valence-electron chi connectivity index (χ3n) is 7.35. The number of fused-ring (bicyclic) bond motifs is 3. The summed E-state index contributed by atoms with van der Waals surface area (Å²) in [4.78, 5) is 37.3. The second-order valence-corrected chi connectivity index (χ2v) is 9.39. The highest BCUT2D eigenvalue weighted by Gasteiger charge is 2.72. The molecule has 9 heteroatoms. The topological polar surface area (TPSA) is 95.9 Å². The van der Waals surface area contributed by atoms with E-state index in [-0.39, 0.29) is 25.5 Å². The number of aliphatic carboxylic acids is 1. The molecule has 184 valence electrons. The van der Waals surface area contributed by atoms with Crippen molar-refractivity contribution >= 4 is 18.0 Å². The molecule has 2 aliphatic carbocycles. The van der Waals surface area contributed by atoms with Crippen LogP contribution in [0.1, 0.15) is 36.3 Å². The van der Waals surface area contributed by atoms with E-state index in [2.05, 4.69) is 5.32 Å². The van der Waals surface area contributed by atoms with Crippen molar-refractivity contribution in [3.8, 4) is 11.1 Å². The molecule has 0 radical (unpaired) electrons. The molecule has 2 aromatic rings. The van der Waals surface area contributed by atoms with Crippen LogP contribution in [0.15, 0.2) is 48.5 Å². The zero-order valence-corrected chi connectivity index (χ0v) is 19.0. The maximum Gasteiger partial charge on any atom is 0.407 e. The number of amides is 2. The monoisotopic (exact) mass is 484 g/mol. The number of ether oxygens (including phenoxy) is 1. The Morgan fingerprint density at radius 3 is 2.31 bits per heavy atom. The van der Waals surface area contributed by atoms with Crippen molar-refractivity contribution in [3.63, 3.8) is 0 Å². The maximum atomic E-state index is 14.4. The lowest BCUT2D eigenvalue weighted by Crippen LogP contribution is -2.39. The van der Waals surface area contributed by atoms with Crippen LogP contribution in [-0.4, -0.2) is 59.6 Å². The van der Waals surface area contributed by atoms with Gasteiger partial charge in [0.05, 0.1) is 12.3 Å². The molecule has 1 heterocycles. The van der Waals surface area contributed by atoms with Crippen LogP contribution >= 0.6 is 0 Å². The molecule has 5 rings (SSSR count). The van der Waals surface area contributed by atoms with Crippen molar-refractivity contribution in [3.05, 3.63) is 59.7 Å². The number of carbonyl (C=O) groups is 3. The highest BCUT2D eigenvalue weighted by atomic mass is 19.3. The number of benzene rings is 2. The number of alkyl halides is 2. The van der Waals surface area contributed by atoms with Crippen molar-refractivity contribution in [2.75, 3.05) is 19.7 Å². The lowest BCUT2D eigenvalue weighted by atomic mass is 9.98. The Balaban J connectivity index is 1.16. The van der Waals surface area contributed by atoms with Gasteiger partial charge in [0.25, 0.3) is 5.92 Å². The molecule has 2 N–H and O–H groups in total. The molecule has 2 aromatic carbocycles. The molecule has 0 spiro atoms. The van der Waals surface area contributed by atoms with Crippen molar-refractivity contribution in [2.24, 2.45) is 11.8 Å². The van der Waals surface area contributed by atoms with Crippen molar-refractivity contribution in [1.29, 1.82) is 0 Å². The predicted octanol–water partition coefficient (Wildman–Crippen LogP) is 3.87. The first-order valence-electron chi connectivity index (χ1n) is 11.8.